The van der Waals surface area contributed by atoms with Gasteiger partial charge in [0.25, 0.3) is 5.91 Å². The number of hydrogen-bond acceptors (Lipinski definition) is 4. The van der Waals surface area contributed by atoms with Gasteiger partial charge in [-0.15, -0.1) is 0 Å². The van der Waals surface area contributed by atoms with Crippen molar-refractivity contribution in [2.75, 3.05) is 37.4 Å². The third-order valence-electron chi connectivity index (χ3n) is 3.45. The molecule has 104 valence electrons. The van der Waals surface area contributed by atoms with Crippen LogP contribution in [0.15, 0.2) is 18.2 Å². The van der Waals surface area contributed by atoms with Crippen molar-refractivity contribution in [1.82, 2.24) is 5.32 Å². The number of nitrogen functional groups attached to an aromatic ring is 1. The molecule has 1 atom stereocenters. The molecule has 1 aliphatic heterocycles. The van der Waals surface area contributed by atoms with E-state index in [0.29, 0.717) is 17.8 Å². The van der Waals surface area contributed by atoms with Gasteiger partial charge in [-0.1, -0.05) is 0 Å². The van der Waals surface area contributed by atoms with Gasteiger partial charge in [-0.3, -0.25) is 4.79 Å². The van der Waals surface area contributed by atoms with E-state index >= 15 is 0 Å². The molecule has 1 heterocycles. The summed E-state index contributed by atoms with van der Waals surface area (Å²) in [6.45, 7) is 4.24. The van der Waals surface area contributed by atoms with Crippen molar-refractivity contribution < 1.29 is 9.53 Å². The van der Waals surface area contributed by atoms with Crippen molar-refractivity contribution in [2.24, 2.45) is 0 Å². The van der Waals surface area contributed by atoms with E-state index in [9.17, 15) is 4.79 Å². The fourth-order valence-electron chi connectivity index (χ4n) is 2.36. The van der Waals surface area contributed by atoms with E-state index in [0.717, 1.165) is 25.2 Å². The summed E-state index contributed by atoms with van der Waals surface area (Å²) >= 11 is 0. The minimum Gasteiger partial charge on any atom is -0.397 e. The van der Waals surface area contributed by atoms with Crippen molar-refractivity contribution in [3.05, 3.63) is 23.8 Å². The first kappa shape index (κ1) is 13.7. The Morgan fingerprint density at radius 1 is 1.58 bits per heavy atom. The van der Waals surface area contributed by atoms with E-state index in [2.05, 4.69) is 10.2 Å². The number of benzene rings is 1. The first-order valence-electron chi connectivity index (χ1n) is 6.61. The summed E-state index contributed by atoms with van der Waals surface area (Å²) in [6, 6.07) is 5.41. The lowest BCUT2D eigenvalue weighted by Gasteiger charge is -2.21. The zero-order valence-electron chi connectivity index (χ0n) is 11.5. The third-order valence-corrected chi connectivity index (χ3v) is 3.45. The van der Waals surface area contributed by atoms with Crippen molar-refractivity contribution in [1.29, 1.82) is 0 Å². The molecule has 1 saturated heterocycles. The van der Waals surface area contributed by atoms with E-state index in [-0.39, 0.29) is 12.0 Å². The van der Waals surface area contributed by atoms with Crippen LogP contribution < -0.4 is 16.0 Å². The lowest BCUT2D eigenvalue weighted by Crippen LogP contribution is -2.25. The number of methoxy groups -OCH3 is 1. The van der Waals surface area contributed by atoms with Gasteiger partial charge in [0.1, 0.15) is 0 Å². The Hall–Kier alpha value is -1.75. The normalized spacial score (nSPS) is 18.6. The average molecular weight is 263 g/mol. The highest BCUT2D eigenvalue weighted by molar-refractivity contribution is 5.96. The quantitative estimate of drug-likeness (QED) is 0.802. The lowest BCUT2D eigenvalue weighted by atomic mass is 10.1. The number of anilines is 2. The van der Waals surface area contributed by atoms with Gasteiger partial charge in [-0.05, 0) is 31.5 Å². The lowest BCUT2D eigenvalue weighted by molar-refractivity contribution is 0.0956. The van der Waals surface area contributed by atoms with Crippen molar-refractivity contribution in [3.63, 3.8) is 0 Å². The van der Waals surface area contributed by atoms with Crippen LogP contribution in [-0.4, -0.2) is 38.8 Å². The van der Waals surface area contributed by atoms with Crippen LogP contribution in [0.1, 0.15) is 23.7 Å². The summed E-state index contributed by atoms with van der Waals surface area (Å²) in [6.07, 6.45) is 1.23. The highest BCUT2D eigenvalue weighted by Crippen LogP contribution is 2.28. The molecule has 1 aromatic rings. The zero-order valence-corrected chi connectivity index (χ0v) is 11.5. The predicted molar refractivity (Wildman–Crippen MR) is 76.5 cm³/mol. The Labute approximate surface area is 113 Å². The molecular weight excluding hydrogens is 242 g/mol. The fourth-order valence-corrected chi connectivity index (χ4v) is 2.36. The third kappa shape index (κ3) is 2.98. The molecular formula is C14H21N3O2. The Morgan fingerprint density at radius 3 is 3.00 bits per heavy atom. The first-order chi connectivity index (χ1) is 9.15. The van der Waals surface area contributed by atoms with Gasteiger partial charge in [0.05, 0.1) is 17.5 Å². The molecule has 0 aromatic heterocycles. The van der Waals surface area contributed by atoms with Gasteiger partial charge in [0, 0.05) is 32.3 Å². The Balaban J connectivity index is 2.20. The number of nitrogens with zero attached hydrogens (tertiary/aromatic N) is 1. The number of carbonyl (C=O) groups excluding carboxylic acids is 1. The van der Waals surface area contributed by atoms with Crippen molar-refractivity contribution >= 4 is 17.3 Å². The van der Waals surface area contributed by atoms with Gasteiger partial charge in [0.2, 0.25) is 0 Å². The predicted octanol–water partition coefficient (Wildman–Crippen LogP) is 1.24. The van der Waals surface area contributed by atoms with Crippen molar-refractivity contribution in [2.45, 2.75) is 19.4 Å². The van der Waals surface area contributed by atoms with E-state index in [1.165, 1.54) is 0 Å². The number of rotatable bonds is 4. The van der Waals surface area contributed by atoms with Crippen LogP contribution in [0.5, 0.6) is 0 Å². The zero-order chi connectivity index (χ0) is 13.8. The SMILES string of the molecule is CCNC(=O)c1ccc(N)c(N2CCC(OC)C2)c1. The summed E-state index contributed by atoms with van der Waals surface area (Å²) in [5, 5.41) is 2.80. The molecule has 2 rings (SSSR count). The number of carbonyl (C=O) groups is 1. The highest BCUT2D eigenvalue weighted by atomic mass is 16.5. The molecule has 19 heavy (non-hydrogen) atoms. The van der Waals surface area contributed by atoms with Crippen LogP contribution in [0, 0.1) is 0 Å². The summed E-state index contributed by atoms with van der Waals surface area (Å²) in [5.74, 6) is -0.0637. The summed E-state index contributed by atoms with van der Waals surface area (Å²) in [7, 11) is 1.72. The van der Waals surface area contributed by atoms with Crippen LogP contribution >= 0.6 is 0 Å². The number of hydrogen-bond donors (Lipinski definition) is 2. The van der Waals surface area contributed by atoms with Crippen LogP contribution in [0.4, 0.5) is 11.4 Å². The number of nitrogens with one attached hydrogen (secondary N) is 1. The minimum atomic E-state index is -0.0637. The van der Waals surface area contributed by atoms with Crippen LogP contribution in [0.3, 0.4) is 0 Å². The van der Waals surface area contributed by atoms with E-state index < -0.39 is 0 Å². The summed E-state index contributed by atoms with van der Waals surface area (Å²) < 4.78 is 5.36. The second-order valence-electron chi connectivity index (χ2n) is 4.73. The summed E-state index contributed by atoms with van der Waals surface area (Å²) in [5.41, 5.74) is 8.28. The second kappa shape index (κ2) is 5.93. The van der Waals surface area contributed by atoms with Crippen LogP contribution in [0.25, 0.3) is 0 Å². The maximum absolute atomic E-state index is 11.8. The molecule has 1 fully saturated rings. The molecule has 3 N–H and O–H groups in total. The van der Waals surface area contributed by atoms with Gasteiger partial charge >= 0.3 is 0 Å². The van der Waals surface area contributed by atoms with Gasteiger partial charge < -0.3 is 20.7 Å². The molecule has 1 unspecified atom stereocenters. The second-order valence-corrected chi connectivity index (χ2v) is 4.73. The molecule has 0 saturated carbocycles. The number of ether oxygens (including phenoxy) is 1. The number of nitrogens with two attached hydrogens (primary N) is 1. The van der Waals surface area contributed by atoms with E-state index in [1.54, 1.807) is 19.2 Å². The fraction of sp³-hybridized carbons (Fsp3) is 0.500. The molecule has 1 aliphatic rings. The monoisotopic (exact) mass is 263 g/mol. The molecule has 0 aliphatic carbocycles. The highest BCUT2D eigenvalue weighted by Gasteiger charge is 2.24. The minimum absolute atomic E-state index is 0.0637. The molecule has 5 nitrogen and oxygen atoms in total. The standard InChI is InChI=1S/C14H21N3O2/c1-3-16-14(18)10-4-5-12(15)13(8-10)17-7-6-11(9-17)19-2/h4-5,8,11H,3,6-7,9,15H2,1-2H3,(H,16,18). The molecule has 1 amide bonds. The maximum atomic E-state index is 11.8. The molecule has 0 bridgehead atoms. The molecule has 0 radical (unpaired) electrons. The molecule has 5 heteroatoms. The Bertz CT molecular complexity index is 462. The van der Waals surface area contributed by atoms with Gasteiger partial charge in [-0.2, -0.15) is 0 Å². The first-order valence-corrected chi connectivity index (χ1v) is 6.61. The van der Waals surface area contributed by atoms with Crippen LogP contribution in [0.2, 0.25) is 0 Å². The van der Waals surface area contributed by atoms with Gasteiger partial charge in [-0.25, -0.2) is 0 Å². The maximum Gasteiger partial charge on any atom is 0.251 e. The Kier molecular flexibility index (Phi) is 4.27. The number of amides is 1. The van der Waals surface area contributed by atoms with Crippen LogP contribution in [-0.2, 0) is 4.74 Å². The average Bonchev–Trinajstić information content (AvgIpc) is 2.88. The molecule has 0 spiro atoms. The van der Waals surface area contributed by atoms with Crippen molar-refractivity contribution in [3.8, 4) is 0 Å². The smallest absolute Gasteiger partial charge is 0.251 e. The Morgan fingerprint density at radius 2 is 2.37 bits per heavy atom. The topological polar surface area (TPSA) is 67.6 Å². The van der Waals surface area contributed by atoms with Gasteiger partial charge in [0.15, 0.2) is 0 Å². The summed E-state index contributed by atoms with van der Waals surface area (Å²) in [4.78, 5) is 14.0. The van der Waals surface area contributed by atoms with E-state index in [1.807, 2.05) is 13.0 Å². The largest absolute Gasteiger partial charge is 0.397 e. The molecule has 1 aromatic carbocycles. The van der Waals surface area contributed by atoms with E-state index in [4.69, 9.17) is 10.5 Å².